The van der Waals surface area contributed by atoms with Crippen molar-refractivity contribution in [1.82, 2.24) is 39.5 Å². The number of carbonyl (C=O) groups is 4. The van der Waals surface area contributed by atoms with Crippen LogP contribution in [0.4, 0.5) is 20.2 Å². The van der Waals surface area contributed by atoms with Gasteiger partial charge in [0.15, 0.2) is 34.6 Å². The molecule has 0 aliphatic rings. The van der Waals surface area contributed by atoms with Gasteiger partial charge >= 0.3 is 11.9 Å². The number of nitrogens with one attached hydrogen (secondary N) is 2. The van der Waals surface area contributed by atoms with Gasteiger partial charge in [-0.15, -0.1) is 20.4 Å². The van der Waals surface area contributed by atoms with Gasteiger partial charge < -0.3 is 25.6 Å². The van der Waals surface area contributed by atoms with Crippen LogP contribution in [0.1, 0.15) is 47.3 Å². The summed E-state index contributed by atoms with van der Waals surface area (Å²) in [6.07, 6.45) is 8.94. The summed E-state index contributed by atoms with van der Waals surface area (Å²) in [5.41, 5.74) is -2.23. The lowest BCUT2D eigenvalue weighted by Crippen LogP contribution is -2.18. The number of aromatic nitrogens is 8. The average molecular weight is 697 g/mol. The van der Waals surface area contributed by atoms with E-state index in [2.05, 4.69) is 41.0 Å². The van der Waals surface area contributed by atoms with Crippen molar-refractivity contribution in [3.63, 3.8) is 0 Å². The molecule has 4 heterocycles. The largest absolute Gasteiger partial charge is 0.490 e. The first-order valence-electron chi connectivity index (χ1n) is 14.6. The number of rotatable bonds is 12. The van der Waals surface area contributed by atoms with Crippen molar-refractivity contribution in [2.75, 3.05) is 17.2 Å². The molecule has 4 N–H and O–H groups in total. The minimum atomic E-state index is -1.55. The lowest BCUT2D eigenvalue weighted by Gasteiger charge is -2.14. The molecule has 2 aromatic carbocycles. The summed E-state index contributed by atoms with van der Waals surface area (Å²) >= 11 is 0. The molecule has 19 heteroatoms. The molecule has 0 saturated heterocycles. The number of ether oxygens (including phenoxy) is 1. The molecular formula is C32H22F2N10O7. The number of halogens is 2. The summed E-state index contributed by atoms with van der Waals surface area (Å²) in [5.74, 6) is -6.49. The Hall–Kier alpha value is -7.44. The van der Waals surface area contributed by atoms with E-state index in [-0.39, 0.29) is 34.7 Å². The third-order valence-electron chi connectivity index (χ3n) is 7.15. The first-order chi connectivity index (χ1) is 24.6. The Kier molecular flexibility index (Phi) is 9.42. The predicted octanol–water partition coefficient (Wildman–Crippen LogP) is 3.44. The lowest BCUT2D eigenvalue weighted by molar-refractivity contribution is 0.0686. The van der Waals surface area contributed by atoms with Gasteiger partial charge in [-0.05, 0) is 48.0 Å². The van der Waals surface area contributed by atoms with E-state index >= 15 is 4.39 Å². The highest BCUT2D eigenvalue weighted by Crippen LogP contribution is 2.28. The molecule has 0 atom stereocenters. The number of anilines is 2. The van der Waals surface area contributed by atoms with E-state index in [1.54, 1.807) is 21.5 Å². The molecule has 51 heavy (non-hydrogen) atoms. The Labute approximate surface area is 284 Å². The molecule has 6 rings (SSSR count). The molecule has 0 spiro atoms. The van der Waals surface area contributed by atoms with Gasteiger partial charge in [0.05, 0.1) is 29.1 Å². The van der Waals surface area contributed by atoms with Crippen LogP contribution < -0.4 is 15.4 Å². The molecule has 17 nitrogen and oxygen atoms in total. The SMILES string of the molecule is O=C(Nc1cc(OCCc2cc(C(=O)O)c(NC(=O)c3ccc(-n4ccnc4)nn3)cc2F)c(F)cc1C(=O)O)c1ccc(-n2ccnc2)nn1. The van der Waals surface area contributed by atoms with Gasteiger partial charge in [0.2, 0.25) is 0 Å². The summed E-state index contributed by atoms with van der Waals surface area (Å²) in [6, 6.07) is 9.01. The molecule has 0 fully saturated rings. The second-order valence-electron chi connectivity index (χ2n) is 10.4. The van der Waals surface area contributed by atoms with Gasteiger partial charge in [0, 0.05) is 37.3 Å². The number of carbonyl (C=O) groups excluding carboxylic acids is 2. The number of carboxylic acid groups (broad SMARTS) is 2. The Morgan fingerprint density at radius 1 is 0.686 bits per heavy atom. The van der Waals surface area contributed by atoms with E-state index in [1.807, 2.05) is 0 Å². The Morgan fingerprint density at radius 2 is 1.22 bits per heavy atom. The molecule has 0 radical (unpaired) electrons. The van der Waals surface area contributed by atoms with Crippen molar-refractivity contribution in [3.8, 4) is 17.4 Å². The van der Waals surface area contributed by atoms with E-state index in [0.29, 0.717) is 17.7 Å². The fourth-order valence-electron chi connectivity index (χ4n) is 4.64. The molecule has 6 aromatic rings. The van der Waals surface area contributed by atoms with E-state index < -0.39 is 58.9 Å². The smallest absolute Gasteiger partial charge is 0.337 e. The molecule has 4 aromatic heterocycles. The Bertz CT molecular complexity index is 2250. The second kappa shape index (κ2) is 14.4. The maximum absolute atomic E-state index is 15.1. The van der Waals surface area contributed by atoms with Gasteiger partial charge in [0.1, 0.15) is 18.5 Å². The number of aromatic carboxylic acids is 2. The molecular weight excluding hydrogens is 674 g/mol. The summed E-state index contributed by atoms with van der Waals surface area (Å²) in [5, 5.41) is 39.5. The molecule has 0 aliphatic heterocycles. The maximum atomic E-state index is 15.1. The zero-order valence-electron chi connectivity index (χ0n) is 25.8. The average Bonchev–Trinajstić information content (AvgIpc) is 3.86. The molecule has 0 bridgehead atoms. The van der Waals surface area contributed by atoms with Crippen LogP contribution in [-0.4, -0.2) is 80.1 Å². The van der Waals surface area contributed by atoms with Crippen LogP contribution >= 0.6 is 0 Å². The monoisotopic (exact) mass is 696 g/mol. The van der Waals surface area contributed by atoms with Crippen molar-refractivity contribution < 1.29 is 42.9 Å². The summed E-state index contributed by atoms with van der Waals surface area (Å²) in [7, 11) is 0. The fourth-order valence-corrected chi connectivity index (χ4v) is 4.64. The van der Waals surface area contributed by atoms with Crippen molar-refractivity contribution in [1.29, 1.82) is 0 Å². The molecule has 2 amide bonds. The van der Waals surface area contributed by atoms with Gasteiger partial charge in [-0.2, -0.15) is 0 Å². The summed E-state index contributed by atoms with van der Waals surface area (Å²) in [6.45, 7) is -0.404. The van der Waals surface area contributed by atoms with Crippen LogP contribution in [0.2, 0.25) is 0 Å². The van der Waals surface area contributed by atoms with Crippen LogP contribution in [0.15, 0.2) is 86.0 Å². The van der Waals surface area contributed by atoms with Gasteiger partial charge in [-0.1, -0.05) is 0 Å². The van der Waals surface area contributed by atoms with Crippen molar-refractivity contribution in [2.24, 2.45) is 0 Å². The highest BCUT2D eigenvalue weighted by atomic mass is 19.1. The molecule has 0 saturated carbocycles. The normalized spacial score (nSPS) is 10.8. The van der Waals surface area contributed by atoms with Crippen LogP contribution in [0.5, 0.6) is 5.75 Å². The predicted molar refractivity (Wildman–Crippen MR) is 170 cm³/mol. The number of hydrogen-bond acceptors (Lipinski definition) is 11. The zero-order valence-corrected chi connectivity index (χ0v) is 25.8. The fraction of sp³-hybridized carbons (Fsp3) is 0.0625. The van der Waals surface area contributed by atoms with Gasteiger partial charge in [0.25, 0.3) is 11.8 Å². The van der Waals surface area contributed by atoms with E-state index in [9.17, 15) is 33.8 Å². The minimum Gasteiger partial charge on any atom is -0.490 e. The van der Waals surface area contributed by atoms with Gasteiger partial charge in [-0.25, -0.2) is 28.3 Å². The van der Waals surface area contributed by atoms with Crippen molar-refractivity contribution in [2.45, 2.75) is 6.42 Å². The van der Waals surface area contributed by atoms with E-state index in [4.69, 9.17) is 4.74 Å². The molecule has 0 unspecified atom stereocenters. The number of hydrogen-bond donors (Lipinski definition) is 4. The van der Waals surface area contributed by atoms with Crippen molar-refractivity contribution >= 4 is 35.1 Å². The molecule has 256 valence electrons. The zero-order chi connectivity index (χ0) is 36.1. The number of benzene rings is 2. The Balaban J connectivity index is 1.14. The lowest BCUT2D eigenvalue weighted by atomic mass is 10.0. The number of imidazole rings is 2. The maximum Gasteiger partial charge on any atom is 0.337 e. The van der Waals surface area contributed by atoms with E-state index in [0.717, 1.165) is 18.2 Å². The topological polar surface area (TPSA) is 229 Å². The third-order valence-corrected chi connectivity index (χ3v) is 7.15. The van der Waals surface area contributed by atoms with Crippen LogP contribution in [0.25, 0.3) is 11.6 Å². The second-order valence-corrected chi connectivity index (χ2v) is 10.4. The highest BCUT2D eigenvalue weighted by Gasteiger charge is 2.21. The van der Waals surface area contributed by atoms with E-state index in [1.165, 1.54) is 49.3 Å². The highest BCUT2D eigenvalue weighted by molar-refractivity contribution is 6.07. The summed E-state index contributed by atoms with van der Waals surface area (Å²) < 4.78 is 38.6. The van der Waals surface area contributed by atoms with Crippen molar-refractivity contribution in [3.05, 3.63) is 126 Å². The Morgan fingerprint density at radius 3 is 1.69 bits per heavy atom. The van der Waals surface area contributed by atoms with Crippen LogP contribution in [0.3, 0.4) is 0 Å². The number of amides is 2. The van der Waals surface area contributed by atoms with Crippen LogP contribution in [0, 0.1) is 11.6 Å². The first kappa shape index (κ1) is 33.5. The third kappa shape index (κ3) is 7.51. The minimum absolute atomic E-state index is 0.149. The standard InChI is InChI=1S/C32H22F2N10O7/c33-20-13-24(37-29(45)22-1-3-27(41-39-22)43-8-6-35-15-43)18(31(47)48)11-17(20)5-10-51-26-14-25(19(32(49)50)12-21(26)34)38-30(46)23-2-4-28(42-40-23)44-9-7-36-16-44/h1-4,6-9,11-16H,5,10H2,(H,37,45)(H,38,46)(H,47,48)(H,49,50). The van der Waals surface area contributed by atoms with Crippen LogP contribution in [-0.2, 0) is 6.42 Å². The quantitative estimate of drug-likeness (QED) is 0.144. The first-order valence-corrected chi connectivity index (χ1v) is 14.6. The molecule has 0 aliphatic carbocycles. The number of carboxylic acids is 2. The van der Waals surface area contributed by atoms with Gasteiger partial charge in [-0.3, -0.25) is 18.7 Å². The number of nitrogens with zero attached hydrogens (tertiary/aromatic N) is 8. The summed E-state index contributed by atoms with van der Waals surface area (Å²) in [4.78, 5) is 57.2.